The molecule has 0 aliphatic heterocycles. The lowest BCUT2D eigenvalue weighted by molar-refractivity contribution is -0.142. The van der Waals surface area contributed by atoms with Gasteiger partial charge in [-0.1, -0.05) is 0 Å². The maximum Gasteiger partial charge on any atom is 0.350 e. The summed E-state index contributed by atoms with van der Waals surface area (Å²) in [5.41, 5.74) is 0.538. The predicted molar refractivity (Wildman–Crippen MR) is 78.1 cm³/mol. The van der Waals surface area contributed by atoms with Crippen LogP contribution in [0.15, 0.2) is 30.0 Å². The third-order valence-corrected chi connectivity index (χ3v) is 2.45. The van der Waals surface area contributed by atoms with Gasteiger partial charge in [-0.3, -0.25) is 0 Å². The third-order valence-electron chi connectivity index (χ3n) is 2.45. The molecular weight excluding hydrogens is 272 g/mol. The first kappa shape index (κ1) is 16.4. The molecule has 6 heteroatoms. The second-order valence-corrected chi connectivity index (χ2v) is 4.34. The molecule has 112 valence electrons. The summed E-state index contributed by atoms with van der Waals surface area (Å²) in [5.74, 6) is 0.464. The summed E-state index contributed by atoms with van der Waals surface area (Å²) >= 11 is 0. The lowest BCUT2D eigenvalue weighted by Crippen LogP contribution is -2.13. The maximum absolute atomic E-state index is 11.6. The molecule has 0 atom stereocenters. The van der Waals surface area contributed by atoms with Crippen LogP contribution in [0.5, 0.6) is 11.5 Å². The smallest absolute Gasteiger partial charge is 0.350 e. The van der Waals surface area contributed by atoms with Crippen LogP contribution in [0.1, 0.15) is 13.8 Å². The Morgan fingerprint density at radius 3 is 2.48 bits per heavy atom. The number of benzene rings is 1. The third kappa shape index (κ3) is 4.73. The molecule has 1 aromatic rings. The van der Waals surface area contributed by atoms with Crippen molar-refractivity contribution in [2.45, 2.75) is 20.0 Å². The first-order valence-corrected chi connectivity index (χ1v) is 6.31. The number of nitrogens with zero attached hydrogens (tertiary/aromatic N) is 1. The summed E-state index contributed by atoms with van der Waals surface area (Å²) in [6.07, 6.45) is 1.02. The molecule has 0 unspecified atom stereocenters. The molecule has 0 amide bonds. The van der Waals surface area contributed by atoms with Gasteiger partial charge in [-0.2, -0.15) is 5.26 Å². The summed E-state index contributed by atoms with van der Waals surface area (Å²) in [4.78, 5) is 11.6. The van der Waals surface area contributed by atoms with Gasteiger partial charge in [0.25, 0.3) is 0 Å². The minimum atomic E-state index is -0.666. The number of esters is 1. The zero-order valence-electron chi connectivity index (χ0n) is 12.5. The van der Waals surface area contributed by atoms with Gasteiger partial charge in [0.15, 0.2) is 17.1 Å². The van der Waals surface area contributed by atoms with Crippen LogP contribution in [0.25, 0.3) is 0 Å². The van der Waals surface area contributed by atoms with E-state index in [4.69, 9.17) is 19.5 Å². The number of anilines is 1. The van der Waals surface area contributed by atoms with Crippen LogP contribution in [0.2, 0.25) is 0 Å². The van der Waals surface area contributed by atoms with E-state index in [1.54, 1.807) is 45.2 Å². The number of methoxy groups -OCH3 is 2. The van der Waals surface area contributed by atoms with Crippen LogP contribution < -0.4 is 14.8 Å². The summed E-state index contributed by atoms with van der Waals surface area (Å²) in [6, 6.07) is 6.94. The molecule has 1 aromatic carbocycles. The van der Waals surface area contributed by atoms with Gasteiger partial charge in [0.2, 0.25) is 0 Å². The van der Waals surface area contributed by atoms with E-state index in [-0.39, 0.29) is 11.7 Å². The van der Waals surface area contributed by atoms with E-state index in [2.05, 4.69) is 5.32 Å². The van der Waals surface area contributed by atoms with Crippen molar-refractivity contribution < 1.29 is 19.0 Å². The quantitative estimate of drug-likeness (QED) is 0.492. The fourth-order valence-corrected chi connectivity index (χ4v) is 1.50. The van der Waals surface area contributed by atoms with E-state index in [1.165, 1.54) is 13.3 Å². The molecule has 1 rings (SSSR count). The fraction of sp³-hybridized carbons (Fsp3) is 0.333. The van der Waals surface area contributed by atoms with Gasteiger partial charge in [0.1, 0.15) is 6.07 Å². The van der Waals surface area contributed by atoms with Gasteiger partial charge in [-0.25, -0.2) is 4.79 Å². The highest BCUT2D eigenvalue weighted by Gasteiger charge is 2.12. The number of carbonyl (C=O) groups excluding carboxylic acids is 1. The molecular formula is C15H18N2O4. The van der Waals surface area contributed by atoms with Crippen molar-refractivity contribution in [3.63, 3.8) is 0 Å². The Labute approximate surface area is 123 Å². The van der Waals surface area contributed by atoms with Gasteiger partial charge in [-0.05, 0) is 26.0 Å². The molecule has 6 nitrogen and oxygen atoms in total. The SMILES string of the molecule is COc1ccc(N/C=C(\C#N)C(=O)OC(C)C)cc1OC. The standard InChI is InChI=1S/C15H18N2O4/c1-10(2)21-15(18)11(8-16)9-17-12-5-6-13(19-3)14(7-12)20-4/h5-7,9-10,17H,1-4H3/b11-9+. The predicted octanol–water partition coefficient (Wildman–Crippen LogP) is 2.47. The lowest BCUT2D eigenvalue weighted by atomic mass is 10.2. The largest absolute Gasteiger partial charge is 0.493 e. The molecule has 0 fully saturated rings. The molecule has 1 N–H and O–H groups in total. The molecule has 0 radical (unpaired) electrons. The molecule has 0 aromatic heterocycles. The average Bonchev–Trinajstić information content (AvgIpc) is 2.46. The van der Waals surface area contributed by atoms with E-state index in [9.17, 15) is 4.79 Å². The van der Waals surface area contributed by atoms with Crippen LogP contribution in [0, 0.1) is 11.3 Å². The normalized spacial score (nSPS) is 10.8. The van der Waals surface area contributed by atoms with Crippen molar-refractivity contribution >= 4 is 11.7 Å². The van der Waals surface area contributed by atoms with Crippen LogP contribution in [0.4, 0.5) is 5.69 Å². The van der Waals surface area contributed by atoms with Crippen LogP contribution in [0.3, 0.4) is 0 Å². The number of carbonyl (C=O) groups is 1. The molecule has 0 aliphatic carbocycles. The Morgan fingerprint density at radius 1 is 1.29 bits per heavy atom. The van der Waals surface area contributed by atoms with Crippen molar-refractivity contribution in [3.8, 4) is 17.6 Å². The number of nitriles is 1. The summed E-state index contributed by atoms with van der Waals surface area (Å²) in [7, 11) is 3.07. The number of hydrogen-bond acceptors (Lipinski definition) is 6. The molecule has 21 heavy (non-hydrogen) atoms. The van der Waals surface area contributed by atoms with Crippen LogP contribution in [-0.2, 0) is 9.53 Å². The summed E-state index contributed by atoms with van der Waals surface area (Å²) in [6.45, 7) is 3.43. The zero-order valence-corrected chi connectivity index (χ0v) is 12.5. The number of nitrogens with one attached hydrogen (secondary N) is 1. The molecule has 0 heterocycles. The van der Waals surface area contributed by atoms with Gasteiger partial charge in [-0.15, -0.1) is 0 Å². The van der Waals surface area contributed by atoms with Crippen LogP contribution in [-0.4, -0.2) is 26.3 Å². The first-order valence-electron chi connectivity index (χ1n) is 6.31. The molecule has 0 saturated carbocycles. The highest BCUT2D eigenvalue weighted by atomic mass is 16.5. The topological polar surface area (TPSA) is 80.6 Å². The van der Waals surface area contributed by atoms with Gasteiger partial charge < -0.3 is 19.5 Å². The monoisotopic (exact) mass is 290 g/mol. The number of ether oxygens (including phenoxy) is 3. The first-order chi connectivity index (χ1) is 10.0. The maximum atomic E-state index is 11.6. The highest BCUT2D eigenvalue weighted by Crippen LogP contribution is 2.29. The highest BCUT2D eigenvalue weighted by molar-refractivity contribution is 5.93. The number of rotatable bonds is 6. The molecule has 0 bridgehead atoms. The van der Waals surface area contributed by atoms with E-state index in [0.29, 0.717) is 17.2 Å². The zero-order chi connectivity index (χ0) is 15.8. The minimum absolute atomic E-state index is 0.113. The molecule has 0 aliphatic rings. The lowest BCUT2D eigenvalue weighted by Gasteiger charge is -2.10. The molecule has 0 spiro atoms. The summed E-state index contributed by atoms with van der Waals surface area (Å²) in [5, 5.41) is 11.8. The van der Waals surface area contributed by atoms with E-state index >= 15 is 0 Å². The van der Waals surface area contributed by atoms with Crippen molar-refractivity contribution in [1.29, 1.82) is 5.26 Å². The Kier molecular flexibility index (Phi) is 6.08. The van der Waals surface area contributed by atoms with Crippen molar-refractivity contribution in [3.05, 3.63) is 30.0 Å². The Bertz CT molecular complexity index is 574. The van der Waals surface area contributed by atoms with E-state index in [0.717, 1.165) is 0 Å². The van der Waals surface area contributed by atoms with Gasteiger partial charge in [0.05, 0.1) is 20.3 Å². The van der Waals surface area contributed by atoms with Gasteiger partial charge in [0, 0.05) is 18.0 Å². The molecule has 0 saturated heterocycles. The van der Waals surface area contributed by atoms with E-state index in [1.807, 2.05) is 0 Å². The fourth-order valence-electron chi connectivity index (χ4n) is 1.50. The van der Waals surface area contributed by atoms with Crippen molar-refractivity contribution in [2.75, 3.05) is 19.5 Å². The average molecular weight is 290 g/mol. The Morgan fingerprint density at radius 2 is 1.95 bits per heavy atom. The second-order valence-electron chi connectivity index (χ2n) is 4.34. The van der Waals surface area contributed by atoms with Crippen molar-refractivity contribution in [1.82, 2.24) is 0 Å². The van der Waals surface area contributed by atoms with Crippen LogP contribution >= 0.6 is 0 Å². The summed E-state index contributed by atoms with van der Waals surface area (Å²) < 4.78 is 15.3. The van der Waals surface area contributed by atoms with E-state index < -0.39 is 5.97 Å². The second kappa shape index (κ2) is 7.80. The van der Waals surface area contributed by atoms with Gasteiger partial charge >= 0.3 is 5.97 Å². The Balaban J connectivity index is 2.87. The Hall–Kier alpha value is -2.68. The van der Waals surface area contributed by atoms with Crippen molar-refractivity contribution in [2.24, 2.45) is 0 Å². The minimum Gasteiger partial charge on any atom is -0.493 e. The number of hydrogen-bond donors (Lipinski definition) is 1.